The Kier molecular flexibility index (Phi) is 5.31. The maximum atomic E-state index is 12.5. The van der Waals surface area contributed by atoms with Crippen LogP contribution in [-0.2, 0) is 26.8 Å². The van der Waals surface area contributed by atoms with Gasteiger partial charge in [-0.15, -0.1) is 0 Å². The molecule has 136 valence electrons. The summed E-state index contributed by atoms with van der Waals surface area (Å²) in [5.74, 6) is 0.142. The molecule has 0 N–H and O–H groups in total. The molecule has 1 aromatic carbocycles. The summed E-state index contributed by atoms with van der Waals surface area (Å²) in [5, 5.41) is 3.75. The molecule has 7 nitrogen and oxygen atoms in total. The van der Waals surface area contributed by atoms with Crippen molar-refractivity contribution in [2.45, 2.75) is 44.6 Å². The van der Waals surface area contributed by atoms with Gasteiger partial charge in [-0.05, 0) is 25.1 Å². The third-order valence-electron chi connectivity index (χ3n) is 3.52. The largest absolute Gasteiger partial charge is 0.496 e. The van der Waals surface area contributed by atoms with Crippen LogP contribution < -0.4 is 4.74 Å². The highest BCUT2D eigenvalue weighted by atomic mass is 32.2. The van der Waals surface area contributed by atoms with Crippen molar-refractivity contribution in [1.82, 2.24) is 10.1 Å². The number of methoxy groups -OCH3 is 1. The zero-order chi connectivity index (χ0) is 18.8. The number of carbonyl (C=O) groups is 1. The number of rotatable bonds is 6. The van der Waals surface area contributed by atoms with Crippen LogP contribution in [-0.4, -0.2) is 31.5 Å². The van der Waals surface area contributed by atoms with Gasteiger partial charge in [0.05, 0.1) is 12.9 Å². The highest BCUT2D eigenvalue weighted by molar-refractivity contribution is 7.89. The minimum absolute atomic E-state index is 0.117. The average Bonchev–Trinajstić information content (AvgIpc) is 2.94. The zero-order valence-electron chi connectivity index (χ0n) is 15.0. The molecule has 0 spiro atoms. The van der Waals surface area contributed by atoms with Crippen LogP contribution in [0.1, 0.15) is 55.3 Å². The van der Waals surface area contributed by atoms with E-state index < -0.39 is 9.84 Å². The Morgan fingerprint density at radius 3 is 2.44 bits per heavy atom. The Bertz CT molecular complexity index is 879. The van der Waals surface area contributed by atoms with E-state index in [2.05, 4.69) is 10.1 Å². The second-order valence-corrected chi connectivity index (χ2v) is 8.95. The second-order valence-electron chi connectivity index (χ2n) is 6.88. The predicted molar refractivity (Wildman–Crippen MR) is 92.3 cm³/mol. The third kappa shape index (κ3) is 4.88. The van der Waals surface area contributed by atoms with Gasteiger partial charge in [0.2, 0.25) is 5.89 Å². The maximum absolute atomic E-state index is 12.5. The lowest BCUT2D eigenvalue weighted by Crippen LogP contribution is -2.13. The molecule has 0 saturated heterocycles. The Morgan fingerprint density at radius 2 is 1.92 bits per heavy atom. The van der Waals surface area contributed by atoms with Crippen molar-refractivity contribution in [3.63, 3.8) is 0 Å². The lowest BCUT2D eigenvalue weighted by Gasteiger charge is -2.10. The van der Waals surface area contributed by atoms with Crippen LogP contribution in [0.5, 0.6) is 5.75 Å². The molecule has 0 fully saturated rings. The standard InChI is InChI=1S/C17H22N2O5S/c1-11(20)12-6-7-14(23-5)13(8-12)9-25(21,22)10-15-18-16(24-19-15)17(2,3)4/h6-8H,9-10H2,1-5H3. The normalized spacial score (nSPS) is 12.2. The van der Waals surface area contributed by atoms with Gasteiger partial charge >= 0.3 is 0 Å². The minimum Gasteiger partial charge on any atom is -0.496 e. The highest BCUT2D eigenvalue weighted by Gasteiger charge is 2.25. The van der Waals surface area contributed by atoms with E-state index in [9.17, 15) is 13.2 Å². The van der Waals surface area contributed by atoms with Crippen molar-refractivity contribution in [2.75, 3.05) is 7.11 Å². The van der Waals surface area contributed by atoms with Crippen LogP contribution in [0.25, 0.3) is 0 Å². The number of carbonyl (C=O) groups excluding carboxylic acids is 1. The van der Waals surface area contributed by atoms with E-state index in [-0.39, 0.29) is 28.5 Å². The summed E-state index contributed by atoms with van der Waals surface area (Å²) in [7, 11) is -2.12. The summed E-state index contributed by atoms with van der Waals surface area (Å²) in [6, 6.07) is 4.73. The number of sulfone groups is 1. The Labute approximate surface area is 147 Å². The first-order valence-electron chi connectivity index (χ1n) is 7.73. The Balaban J connectivity index is 2.25. The van der Waals surface area contributed by atoms with Gasteiger partial charge in [0.15, 0.2) is 21.4 Å². The topological polar surface area (TPSA) is 99.4 Å². The Morgan fingerprint density at radius 1 is 1.24 bits per heavy atom. The van der Waals surface area contributed by atoms with Crippen molar-refractivity contribution in [2.24, 2.45) is 0 Å². The van der Waals surface area contributed by atoms with Crippen molar-refractivity contribution in [3.05, 3.63) is 41.0 Å². The molecule has 2 rings (SSSR count). The molecule has 8 heteroatoms. The summed E-state index contributed by atoms with van der Waals surface area (Å²) in [5.41, 5.74) is 0.504. The Hall–Kier alpha value is -2.22. The third-order valence-corrected chi connectivity index (χ3v) is 4.97. The molecule has 0 saturated carbocycles. The fourth-order valence-corrected chi connectivity index (χ4v) is 3.52. The van der Waals surface area contributed by atoms with Crippen LogP contribution >= 0.6 is 0 Å². The number of ketones is 1. The minimum atomic E-state index is -3.57. The second kappa shape index (κ2) is 6.95. The van der Waals surface area contributed by atoms with Crippen LogP contribution in [0, 0.1) is 0 Å². The number of hydrogen-bond donors (Lipinski definition) is 0. The molecule has 0 atom stereocenters. The average molecular weight is 366 g/mol. The van der Waals surface area contributed by atoms with Crippen molar-refractivity contribution >= 4 is 15.6 Å². The molecule has 0 radical (unpaired) electrons. The number of aromatic nitrogens is 2. The van der Waals surface area contributed by atoms with Gasteiger partial charge in [-0.3, -0.25) is 4.79 Å². The van der Waals surface area contributed by atoms with E-state index in [0.717, 1.165) is 0 Å². The first-order valence-corrected chi connectivity index (χ1v) is 9.55. The van der Waals surface area contributed by atoms with Gasteiger partial charge in [-0.25, -0.2) is 8.42 Å². The van der Waals surface area contributed by atoms with E-state index >= 15 is 0 Å². The number of nitrogens with zero attached hydrogens (tertiary/aromatic N) is 2. The first kappa shape index (κ1) is 19.1. The SMILES string of the molecule is COc1ccc(C(C)=O)cc1CS(=O)(=O)Cc1noc(C(C)(C)C)n1. The van der Waals surface area contributed by atoms with E-state index in [1.807, 2.05) is 20.8 Å². The lowest BCUT2D eigenvalue weighted by molar-refractivity contribution is 0.101. The van der Waals surface area contributed by atoms with Gasteiger partial charge < -0.3 is 9.26 Å². The first-order chi connectivity index (χ1) is 11.5. The van der Waals surface area contributed by atoms with Gasteiger partial charge in [0.1, 0.15) is 11.5 Å². The van der Waals surface area contributed by atoms with E-state index in [1.165, 1.54) is 20.1 Å². The fourth-order valence-electron chi connectivity index (χ4n) is 2.21. The maximum Gasteiger partial charge on any atom is 0.232 e. The molecule has 0 aliphatic rings. The monoisotopic (exact) mass is 366 g/mol. The molecule has 0 aliphatic carbocycles. The molecule has 0 unspecified atom stereocenters. The molecule has 0 aliphatic heterocycles. The van der Waals surface area contributed by atoms with Crippen LogP contribution in [0.3, 0.4) is 0 Å². The highest BCUT2D eigenvalue weighted by Crippen LogP contribution is 2.24. The van der Waals surface area contributed by atoms with Crippen LogP contribution in [0.2, 0.25) is 0 Å². The van der Waals surface area contributed by atoms with E-state index in [0.29, 0.717) is 22.8 Å². The summed E-state index contributed by atoms with van der Waals surface area (Å²) < 4.78 is 35.4. The summed E-state index contributed by atoms with van der Waals surface area (Å²) in [6.45, 7) is 7.12. The molecule has 2 aromatic rings. The zero-order valence-corrected chi connectivity index (χ0v) is 15.8. The number of ether oxygens (including phenoxy) is 1. The summed E-state index contributed by atoms with van der Waals surface area (Å²) in [6.07, 6.45) is 0. The van der Waals surface area contributed by atoms with Gasteiger partial charge in [0.25, 0.3) is 0 Å². The summed E-state index contributed by atoms with van der Waals surface area (Å²) in [4.78, 5) is 15.7. The lowest BCUT2D eigenvalue weighted by atomic mass is 9.97. The molecule has 25 heavy (non-hydrogen) atoms. The van der Waals surface area contributed by atoms with Crippen LogP contribution in [0.4, 0.5) is 0 Å². The molecular formula is C17H22N2O5S. The van der Waals surface area contributed by atoms with Gasteiger partial charge in [-0.2, -0.15) is 4.98 Å². The smallest absolute Gasteiger partial charge is 0.232 e. The van der Waals surface area contributed by atoms with Crippen molar-refractivity contribution in [3.8, 4) is 5.75 Å². The molecule has 1 heterocycles. The number of benzene rings is 1. The van der Waals surface area contributed by atoms with Gasteiger partial charge in [-0.1, -0.05) is 25.9 Å². The van der Waals surface area contributed by atoms with Gasteiger partial charge in [0, 0.05) is 16.5 Å². The van der Waals surface area contributed by atoms with E-state index in [4.69, 9.17) is 9.26 Å². The van der Waals surface area contributed by atoms with Crippen molar-refractivity contribution < 1.29 is 22.5 Å². The number of Topliss-reactive ketones (excluding diaryl/α,β-unsaturated/α-hetero) is 1. The van der Waals surface area contributed by atoms with Crippen molar-refractivity contribution in [1.29, 1.82) is 0 Å². The molecule has 0 bridgehead atoms. The predicted octanol–water partition coefficient (Wildman–Crippen LogP) is 2.69. The molecule has 1 aromatic heterocycles. The van der Waals surface area contributed by atoms with E-state index in [1.54, 1.807) is 12.1 Å². The fraction of sp³-hybridized carbons (Fsp3) is 0.471. The number of hydrogen-bond acceptors (Lipinski definition) is 7. The summed E-state index contributed by atoms with van der Waals surface area (Å²) >= 11 is 0. The quantitative estimate of drug-likeness (QED) is 0.725. The molecule has 0 amide bonds. The molecular weight excluding hydrogens is 344 g/mol. The van der Waals surface area contributed by atoms with Crippen LogP contribution in [0.15, 0.2) is 22.7 Å².